The number of nitriles is 2. The van der Waals surface area contributed by atoms with Crippen LogP contribution in [0.25, 0.3) is 0 Å². The molecule has 0 spiro atoms. The first kappa shape index (κ1) is 16.3. The van der Waals surface area contributed by atoms with Crippen molar-refractivity contribution < 1.29 is 9.90 Å². The minimum absolute atomic E-state index is 0.0329. The highest BCUT2D eigenvalue weighted by molar-refractivity contribution is 5.68. The molecule has 2 aromatic carbocycles. The fraction of sp³-hybridized carbons (Fsp3) is 0.211. The number of carboxylic acids is 1. The summed E-state index contributed by atoms with van der Waals surface area (Å²) in [6, 6.07) is 18.6. The van der Waals surface area contributed by atoms with Crippen LogP contribution >= 0.6 is 0 Å². The van der Waals surface area contributed by atoms with Crippen LogP contribution in [0.2, 0.25) is 0 Å². The molecule has 1 N–H and O–H groups in total. The largest absolute Gasteiger partial charge is 0.481 e. The van der Waals surface area contributed by atoms with Gasteiger partial charge in [-0.3, -0.25) is 4.79 Å². The van der Waals surface area contributed by atoms with Gasteiger partial charge in [-0.1, -0.05) is 24.3 Å². The van der Waals surface area contributed by atoms with E-state index in [0.29, 0.717) is 17.5 Å². The summed E-state index contributed by atoms with van der Waals surface area (Å²) in [6.07, 6.45) is 1.43. The molecule has 0 heterocycles. The third kappa shape index (κ3) is 4.69. The maximum Gasteiger partial charge on any atom is 0.303 e. The molecule has 0 aromatic heterocycles. The summed E-state index contributed by atoms with van der Waals surface area (Å²) in [5.74, 6) is -0.992. The van der Waals surface area contributed by atoms with E-state index in [4.69, 9.17) is 15.6 Å². The van der Waals surface area contributed by atoms with E-state index < -0.39 is 5.97 Å². The number of hydrogen-bond donors (Lipinski definition) is 1. The molecule has 0 saturated heterocycles. The van der Waals surface area contributed by atoms with E-state index in [1.807, 2.05) is 18.2 Å². The van der Waals surface area contributed by atoms with Crippen LogP contribution in [0.1, 0.15) is 41.0 Å². The van der Waals surface area contributed by atoms with Gasteiger partial charge in [0.2, 0.25) is 0 Å². The topological polar surface area (TPSA) is 84.9 Å². The molecule has 23 heavy (non-hydrogen) atoms. The molecule has 0 aliphatic heterocycles. The van der Waals surface area contributed by atoms with Crippen molar-refractivity contribution in [3.8, 4) is 12.1 Å². The minimum Gasteiger partial charge on any atom is -0.481 e. The predicted octanol–water partition coefficient (Wildman–Crippen LogP) is 3.62. The molecule has 0 amide bonds. The summed E-state index contributed by atoms with van der Waals surface area (Å²) in [5, 5.41) is 26.9. The van der Waals surface area contributed by atoms with Gasteiger partial charge in [0.1, 0.15) is 0 Å². The van der Waals surface area contributed by atoms with Crippen LogP contribution in [-0.4, -0.2) is 11.1 Å². The second-order valence-corrected chi connectivity index (χ2v) is 5.38. The Morgan fingerprint density at radius 1 is 1.04 bits per heavy atom. The van der Waals surface area contributed by atoms with Gasteiger partial charge in [-0.15, -0.1) is 0 Å². The number of aryl methyl sites for hydroxylation is 1. The number of nitrogens with zero attached hydrogens (tertiary/aromatic N) is 2. The average molecular weight is 304 g/mol. The van der Waals surface area contributed by atoms with Crippen LogP contribution in [0.5, 0.6) is 0 Å². The highest BCUT2D eigenvalue weighted by Crippen LogP contribution is 2.26. The summed E-state index contributed by atoms with van der Waals surface area (Å²) < 4.78 is 0. The van der Waals surface area contributed by atoms with Crippen molar-refractivity contribution >= 4 is 5.97 Å². The van der Waals surface area contributed by atoms with Crippen LogP contribution in [0.3, 0.4) is 0 Å². The second-order valence-electron chi connectivity index (χ2n) is 5.38. The van der Waals surface area contributed by atoms with Gasteiger partial charge in [0.15, 0.2) is 0 Å². The van der Waals surface area contributed by atoms with E-state index in [1.54, 1.807) is 30.3 Å². The Balaban J connectivity index is 2.13. The number of benzene rings is 2. The fourth-order valence-electron chi connectivity index (χ4n) is 2.55. The Morgan fingerprint density at radius 3 is 2.35 bits per heavy atom. The molecule has 114 valence electrons. The number of hydrogen-bond acceptors (Lipinski definition) is 3. The molecular formula is C19H16N2O2. The third-order valence-corrected chi connectivity index (χ3v) is 3.77. The summed E-state index contributed by atoms with van der Waals surface area (Å²) in [4.78, 5) is 11.1. The molecule has 0 bridgehead atoms. The van der Waals surface area contributed by atoms with Crippen molar-refractivity contribution in [2.75, 3.05) is 0 Å². The summed E-state index contributed by atoms with van der Waals surface area (Å²) in [6.45, 7) is 0. The van der Waals surface area contributed by atoms with Crippen molar-refractivity contribution in [3.63, 3.8) is 0 Å². The average Bonchev–Trinajstić information content (AvgIpc) is 2.58. The number of rotatable bonds is 6. The lowest BCUT2D eigenvalue weighted by Gasteiger charge is -2.15. The SMILES string of the molecule is N#Cc1ccc(CCC(CC(=O)O)c2cccc(C#N)c2)cc1. The van der Waals surface area contributed by atoms with Crippen molar-refractivity contribution in [2.45, 2.75) is 25.2 Å². The lowest BCUT2D eigenvalue weighted by Crippen LogP contribution is -2.08. The highest BCUT2D eigenvalue weighted by atomic mass is 16.4. The third-order valence-electron chi connectivity index (χ3n) is 3.77. The molecule has 0 aliphatic rings. The van der Waals surface area contributed by atoms with Gasteiger partial charge in [-0.05, 0) is 54.2 Å². The quantitative estimate of drug-likeness (QED) is 0.883. The maximum atomic E-state index is 11.1. The summed E-state index contributed by atoms with van der Waals surface area (Å²) >= 11 is 0. The van der Waals surface area contributed by atoms with Gasteiger partial charge in [0.05, 0.1) is 29.7 Å². The zero-order valence-electron chi connectivity index (χ0n) is 12.6. The van der Waals surface area contributed by atoms with Gasteiger partial charge in [0.25, 0.3) is 0 Å². The van der Waals surface area contributed by atoms with Gasteiger partial charge in [-0.2, -0.15) is 10.5 Å². The monoisotopic (exact) mass is 304 g/mol. The van der Waals surface area contributed by atoms with Gasteiger partial charge in [-0.25, -0.2) is 0 Å². The molecule has 1 unspecified atom stereocenters. The van der Waals surface area contributed by atoms with Crippen LogP contribution in [-0.2, 0) is 11.2 Å². The first-order valence-electron chi connectivity index (χ1n) is 7.33. The van der Waals surface area contributed by atoms with Crippen LogP contribution < -0.4 is 0 Å². The predicted molar refractivity (Wildman–Crippen MR) is 85.6 cm³/mol. The molecule has 2 rings (SSSR count). The first-order valence-corrected chi connectivity index (χ1v) is 7.33. The Bertz CT molecular complexity index is 767. The molecule has 0 radical (unpaired) electrons. The minimum atomic E-state index is -0.850. The van der Waals surface area contributed by atoms with Crippen molar-refractivity contribution in [3.05, 3.63) is 70.8 Å². The van der Waals surface area contributed by atoms with Crippen LogP contribution in [0.15, 0.2) is 48.5 Å². The zero-order valence-corrected chi connectivity index (χ0v) is 12.6. The van der Waals surface area contributed by atoms with E-state index in [9.17, 15) is 4.79 Å². The zero-order chi connectivity index (χ0) is 16.7. The second kappa shape index (κ2) is 7.77. The molecule has 4 nitrogen and oxygen atoms in total. The number of carbonyl (C=O) groups is 1. The van der Waals surface area contributed by atoms with Crippen molar-refractivity contribution in [1.29, 1.82) is 10.5 Å². The number of aliphatic carboxylic acids is 1. The standard InChI is InChI=1S/C19H16N2O2/c20-12-15-6-4-14(5-7-15)8-9-18(11-19(22)23)17-3-1-2-16(10-17)13-21/h1-7,10,18H,8-9,11H2,(H,22,23). The Hall–Kier alpha value is -3.11. The van der Waals surface area contributed by atoms with E-state index in [-0.39, 0.29) is 12.3 Å². The van der Waals surface area contributed by atoms with Gasteiger partial charge < -0.3 is 5.11 Å². The molecule has 2 aromatic rings. The van der Waals surface area contributed by atoms with Crippen molar-refractivity contribution in [2.24, 2.45) is 0 Å². The van der Waals surface area contributed by atoms with Crippen LogP contribution in [0, 0.1) is 22.7 Å². The Morgan fingerprint density at radius 2 is 1.74 bits per heavy atom. The molecule has 0 saturated carbocycles. The van der Waals surface area contributed by atoms with E-state index in [1.165, 1.54) is 0 Å². The lowest BCUT2D eigenvalue weighted by atomic mass is 9.89. The van der Waals surface area contributed by atoms with Gasteiger partial charge >= 0.3 is 5.97 Å². The highest BCUT2D eigenvalue weighted by Gasteiger charge is 2.16. The molecule has 0 fully saturated rings. The lowest BCUT2D eigenvalue weighted by molar-refractivity contribution is -0.137. The fourth-order valence-corrected chi connectivity index (χ4v) is 2.55. The Kier molecular flexibility index (Phi) is 5.50. The Labute approximate surface area is 135 Å². The number of carboxylic acid groups (broad SMARTS) is 1. The van der Waals surface area contributed by atoms with E-state index in [2.05, 4.69) is 12.1 Å². The summed E-state index contributed by atoms with van der Waals surface area (Å²) in [5.41, 5.74) is 3.09. The van der Waals surface area contributed by atoms with Crippen LogP contribution in [0.4, 0.5) is 0 Å². The normalized spacial score (nSPS) is 11.2. The van der Waals surface area contributed by atoms with Crippen molar-refractivity contribution in [1.82, 2.24) is 0 Å². The van der Waals surface area contributed by atoms with E-state index in [0.717, 1.165) is 17.5 Å². The first-order chi connectivity index (χ1) is 11.1. The smallest absolute Gasteiger partial charge is 0.303 e. The van der Waals surface area contributed by atoms with Gasteiger partial charge in [0, 0.05) is 0 Å². The molecule has 0 aliphatic carbocycles. The molecule has 4 heteroatoms. The molecular weight excluding hydrogens is 288 g/mol. The maximum absolute atomic E-state index is 11.1. The van der Waals surface area contributed by atoms with E-state index >= 15 is 0 Å². The summed E-state index contributed by atoms with van der Waals surface area (Å²) in [7, 11) is 0. The molecule has 1 atom stereocenters.